The first-order valence-electron chi connectivity index (χ1n) is 5.65. The SMILES string of the molecule is CC(C)=C1OC(=O)C[C@](N)(C(=O)CCC(=O)O)C1=O. The summed E-state index contributed by atoms with van der Waals surface area (Å²) in [6.07, 6.45) is -1.41. The van der Waals surface area contributed by atoms with Gasteiger partial charge >= 0.3 is 11.9 Å². The molecule has 1 aliphatic rings. The van der Waals surface area contributed by atoms with Gasteiger partial charge in [-0.3, -0.25) is 19.2 Å². The quantitative estimate of drug-likeness (QED) is 0.415. The fourth-order valence-electron chi connectivity index (χ4n) is 1.70. The van der Waals surface area contributed by atoms with Crippen LogP contribution in [-0.2, 0) is 23.9 Å². The molecule has 0 radical (unpaired) electrons. The van der Waals surface area contributed by atoms with Gasteiger partial charge in [0.05, 0.1) is 12.8 Å². The van der Waals surface area contributed by atoms with Gasteiger partial charge in [0.2, 0.25) is 5.78 Å². The first-order chi connectivity index (χ1) is 8.68. The van der Waals surface area contributed by atoms with E-state index < -0.39 is 48.3 Å². The number of hydrogen-bond acceptors (Lipinski definition) is 6. The number of ketones is 2. The molecule has 7 heteroatoms. The molecule has 0 bridgehead atoms. The van der Waals surface area contributed by atoms with E-state index in [-0.39, 0.29) is 5.76 Å². The van der Waals surface area contributed by atoms with E-state index in [1.54, 1.807) is 13.8 Å². The third-order valence-electron chi connectivity index (χ3n) is 2.77. The summed E-state index contributed by atoms with van der Waals surface area (Å²) >= 11 is 0. The van der Waals surface area contributed by atoms with Crippen molar-refractivity contribution in [3.8, 4) is 0 Å². The number of esters is 1. The van der Waals surface area contributed by atoms with Gasteiger partial charge in [-0.15, -0.1) is 0 Å². The van der Waals surface area contributed by atoms with Gasteiger partial charge in [-0.2, -0.15) is 0 Å². The maximum Gasteiger partial charge on any atom is 0.314 e. The van der Waals surface area contributed by atoms with Gasteiger partial charge < -0.3 is 15.6 Å². The van der Waals surface area contributed by atoms with Gasteiger partial charge in [-0.1, -0.05) is 0 Å². The van der Waals surface area contributed by atoms with E-state index >= 15 is 0 Å². The van der Waals surface area contributed by atoms with E-state index in [0.29, 0.717) is 5.57 Å². The van der Waals surface area contributed by atoms with Crippen LogP contribution >= 0.6 is 0 Å². The van der Waals surface area contributed by atoms with Gasteiger partial charge in [-0.05, 0) is 19.4 Å². The number of carboxylic acid groups (broad SMARTS) is 1. The summed E-state index contributed by atoms with van der Waals surface area (Å²) < 4.78 is 4.77. The largest absolute Gasteiger partial charge is 0.481 e. The molecule has 1 rings (SSSR count). The average Bonchev–Trinajstić information content (AvgIpc) is 2.30. The van der Waals surface area contributed by atoms with Crippen molar-refractivity contribution in [1.82, 2.24) is 0 Å². The van der Waals surface area contributed by atoms with Gasteiger partial charge in [0.1, 0.15) is 0 Å². The number of rotatable bonds is 4. The molecule has 19 heavy (non-hydrogen) atoms. The standard InChI is InChI=1S/C12H15NO6/c1-6(2)10-11(18)12(13,5-9(17)19-10)7(14)3-4-8(15)16/h3-5,13H2,1-2H3,(H,15,16)/t12-/m0/s1. The van der Waals surface area contributed by atoms with Crippen LogP contribution in [0.3, 0.4) is 0 Å². The van der Waals surface area contributed by atoms with Crippen LogP contribution in [0.5, 0.6) is 0 Å². The Hall–Kier alpha value is -2.02. The molecule has 0 aromatic rings. The summed E-state index contributed by atoms with van der Waals surface area (Å²) in [7, 11) is 0. The molecule has 1 heterocycles. The first-order valence-corrected chi connectivity index (χ1v) is 5.65. The molecule has 1 fully saturated rings. The lowest BCUT2D eigenvalue weighted by Crippen LogP contribution is -2.59. The summed E-state index contributed by atoms with van der Waals surface area (Å²) in [5.74, 6) is -3.73. The molecule has 1 saturated heterocycles. The highest BCUT2D eigenvalue weighted by Gasteiger charge is 2.49. The summed E-state index contributed by atoms with van der Waals surface area (Å²) in [4.78, 5) is 45.9. The molecule has 3 N–H and O–H groups in total. The van der Waals surface area contributed by atoms with Crippen molar-refractivity contribution < 1.29 is 29.0 Å². The van der Waals surface area contributed by atoms with Crippen molar-refractivity contribution in [3.63, 3.8) is 0 Å². The van der Waals surface area contributed by atoms with E-state index in [1.165, 1.54) is 0 Å². The first kappa shape index (κ1) is 15.0. The molecule has 0 aromatic carbocycles. The number of hydrogen-bond donors (Lipinski definition) is 2. The monoisotopic (exact) mass is 269 g/mol. The van der Waals surface area contributed by atoms with E-state index in [1.807, 2.05) is 0 Å². The highest BCUT2D eigenvalue weighted by molar-refractivity contribution is 6.21. The van der Waals surface area contributed by atoms with Crippen molar-refractivity contribution in [1.29, 1.82) is 0 Å². The van der Waals surface area contributed by atoms with Crippen LogP contribution in [0.25, 0.3) is 0 Å². The molecular formula is C12H15NO6. The second-order valence-electron chi connectivity index (χ2n) is 4.60. The number of nitrogens with two attached hydrogens (primary N) is 1. The minimum Gasteiger partial charge on any atom is -0.481 e. The van der Waals surface area contributed by atoms with Crippen LogP contribution in [0.2, 0.25) is 0 Å². The van der Waals surface area contributed by atoms with Crippen molar-refractivity contribution >= 4 is 23.5 Å². The van der Waals surface area contributed by atoms with Crippen molar-refractivity contribution in [3.05, 3.63) is 11.3 Å². The summed E-state index contributed by atoms with van der Waals surface area (Å²) in [6, 6.07) is 0. The Bertz CT molecular complexity index is 488. The van der Waals surface area contributed by atoms with Crippen molar-refractivity contribution in [2.45, 2.75) is 38.6 Å². The smallest absolute Gasteiger partial charge is 0.314 e. The summed E-state index contributed by atoms with van der Waals surface area (Å²) in [6.45, 7) is 3.10. The average molecular weight is 269 g/mol. The number of carbonyl (C=O) groups is 4. The predicted molar refractivity (Wildman–Crippen MR) is 62.9 cm³/mol. The molecule has 0 aliphatic carbocycles. The van der Waals surface area contributed by atoms with Gasteiger partial charge in [0.25, 0.3) is 0 Å². The number of carboxylic acids is 1. The highest BCUT2D eigenvalue weighted by Crippen LogP contribution is 2.26. The second-order valence-corrected chi connectivity index (χ2v) is 4.60. The molecule has 0 amide bonds. The minimum atomic E-state index is -2.02. The molecule has 7 nitrogen and oxygen atoms in total. The Balaban J connectivity index is 3.04. The Morgan fingerprint density at radius 3 is 2.37 bits per heavy atom. The Morgan fingerprint density at radius 1 is 1.32 bits per heavy atom. The van der Waals surface area contributed by atoms with Crippen LogP contribution in [-0.4, -0.2) is 34.2 Å². The third kappa shape index (κ3) is 3.05. The van der Waals surface area contributed by atoms with Crippen molar-refractivity contribution in [2.75, 3.05) is 0 Å². The minimum absolute atomic E-state index is 0.234. The number of ether oxygens (including phenoxy) is 1. The normalized spacial score (nSPS) is 23.0. The van der Waals surface area contributed by atoms with Gasteiger partial charge in [-0.25, -0.2) is 0 Å². The lowest BCUT2D eigenvalue weighted by molar-refractivity contribution is -0.155. The van der Waals surface area contributed by atoms with Crippen LogP contribution in [0.4, 0.5) is 0 Å². The van der Waals surface area contributed by atoms with Crippen molar-refractivity contribution in [2.24, 2.45) is 5.73 Å². The Morgan fingerprint density at radius 2 is 1.89 bits per heavy atom. The molecular weight excluding hydrogens is 254 g/mol. The molecule has 0 spiro atoms. The Kier molecular flexibility index (Phi) is 4.21. The van der Waals surface area contributed by atoms with Gasteiger partial charge in [0.15, 0.2) is 17.1 Å². The number of allylic oxidation sites excluding steroid dienone is 1. The van der Waals surface area contributed by atoms with Gasteiger partial charge in [0, 0.05) is 6.42 Å². The number of carbonyl (C=O) groups excluding carboxylic acids is 3. The van der Waals surface area contributed by atoms with E-state index in [4.69, 9.17) is 15.6 Å². The zero-order valence-electron chi connectivity index (χ0n) is 10.7. The third-order valence-corrected chi connectivity index (χ3v) is 2.77. The predicted octanol–water partition coefficient (Wildman–Crippen LogP) is -0.0723. The molecule has 0 unspecified atom stereocenters. The van der Waals surface area contributed by atoms with Crippen LogP contribution in [0.1, 0.15) is 33.1 Å². The molecule has 1 atom stereocenters. The van der Waals surface area contributed by atoms with E-state index in [2.05, 4.69) is 0 Å². The Labute approximate surface area is 109 Å². The molecule has 0 aromatic heterocycles. The second kappa shape index (κ2) is 5.31. The summed E-state index contributed by atoms with van der Waals surface area (Å²) in [5.41, 5.74) is 4.14. The molecule has 1 aliphatic heterocycles. The molecule has 0 saturated carbocycles. The lowest BCUT2D eigenvalue weighted by atomic mass is 9.81. The van der Waals surface area contributed by atoms with Crippen LogP contribution < -0.4 is 5.73 Å². The zero-order valence-corrected chi connectivity index (χ0v) is 10.7. The number of aliphatic carboxylic acids is 1. The van der Waals surface area contributed by atoms with Crippen LogP contribution in [0, 0.1) is 0 Å². The fourth-order valence-corrected chi connectivity index (χ4v) is 1.70. The number of cyclic esters (lactones) is 1. The van der Waals surface area contributed by atoms with Crippen LogP contribution in [0.15, 0.2) is 11.3 Å². The number of Topliss-reactive ketones (excluding diaryl/α,β-unsaturated/α-hetero) is 2. The maximum atomic E-state index is 12.1. The summed E-state index contributed by atoms with van der Waals surface area (Å²) in [5, 5.41) is 8.52. The fraction of sp³-hybridized carbons (Fsp3) is 0.500. The maximum absolute atomic E-state index is 12.1. The lowest BCUT2D eigenvalue weighted by Gasteiger charge is -2.30. The highest BCUT2D eigenvalue weighted by atomic mass is 16.5. The molecule has 104 valence electrons. The zero-order chi connectivity index (χ0) is 14.8. The van der Waals surface area contributed by atoms with E-state index in [9.17, 15) is 19.2 Å². The van der Waals surface area contributed by atoms with E-state index in [0.717, 1.165) is 0 Å². The topological polar surface area (TPSA) is 124 Å².